The molecule has 0 aliphatic heterocycles. The number of hydrogen-bond donors (Lipinski definition) is 1. The molecule has 1 aliphatic carbocycles. The van der Waals surface area contributed by atoms with Crippen LogP contribution < -0.4 is 5.73 Å². The number of nitrogens with zero attached hydrogens (tertiary/aromatic N) is 1. The molecule has 0 spiro atoms. The second-order valence-electron chi connectivity index (χ2n) is 4.40. The topological polar surface area (TPSA) is 63.4 Å². The van der Waals surface area contributed by atoms with E-state index in [1.807, 2.05) is 6.92 Å². The van der Waals surface area contributed by atoms with E-state index >= 15 is 0 Å². The Hall–Kier alpha value is -0.620. The van der Waals surface area contributed by atoms with Gasteiger partial charge < -0.3 is 5.73 Å². The summed E-state index contributed by atoms with van der Waals surface area (Å²) < 4.78 is 26.4. The summed E-state index contributed by atoms with van der Waals surface area (Å²) >= 11 is 6.02. The SMILES string of the molecule is CCN(C1CC1)S(=O)(=O)c1ccc(CN)c(Cl)c1. The first kappa shape index (κ1) is 13.8. The van der Waals surface area contributed by atoms with Gasteiger partial charge in [-0.25, -0.2) is 8.42 Å². The molecule has 0 heterocycles. The van der Waals surface area contributed by atoms with Crippen molar-refractivity contribution >= 4 is 21.6 Å². The van der Waals surface area contributed by atoms with Crippen LogP contribution in [0.3, 0.4) is 0 Å². The number of sulfonamides is 1. The molecule has 6 heteroatoms. The molecule has 100 valence electrons. The molecule has 2 N–H and O–H groups in total. The molecule has 1 aliphatic rings. The van der Waals surface area contributed by atoms with Crippen LogP contribution in [0.1, 0.15) is 25.3 Å². The average molecular weight is 289 g/mol. The Morgan fingerprint density at radius 3 is 2.56 bits per heavy atom. The minimum atomic E-state index is -3.43. The van der Waals surface area contributed by atoms with Crippen LogP contribution in [-0.2, 0) is 16.6 Å². The highest BCUT2D eigenvalue weighted by atomic mass is 35.5. The van der Waals surface area contributed by atoms with Crippen molar-refractivity contribution in [3.8, 4) is 0 Å². The van der Waals surface area contributed by atoms with Crippen molar-refractivity contribution in [3.63, 3.8) is 0 Å². The lowest BCUT2D eigenvalue weighted by atomic mass is 10.2. The largest absolute Gasteiger partial charge is 0.326 e. The predicted octanol–water partition coefficient (Wildman–Crippen LogP) is 1.97. The lowest BCUT2D eigenvalue weighted by Gasteiger charge is -2.20. The predicted molar refractivity (Wildman–Crippen MR) is 71.9 cm³/mol. The van der Waals surface area contributed by atoms with Gasteiger partial charge in [-0.3, -0.25) is 0 Å². The minimum Gasteiger partial charge on any atom is -0.326 e. The molecule has 1 aromatic rings. The molecule has 0 radical (unpaired) electrons. The van der Waals surface area contributed by atoms with E-state index in [2.05, 4.69) is 0 Å². The van der Waals surface area contributed by atoms with Gasteiger partial charge in [-0.2, -0.15) is 4.31 Å². The number of nitrogens with two attached hydrogens (primary N) is 1. The highest BCUT2D eigenvalue weighted by molar-refractivity contribution is 7.89. The van der Waals surface area contributed by atoms with Crippen LogP contribution in [-0.4, -0.2) is 25.3 Å². The molecule has 0 bridgehead atoms. The van der Waals surface area contributed by atoms with E-state index in [1.165, 1.54) is 6.07 Å². The summed E-state index contributed by atoms with van der Waals surface area (Å²) in [5.41, 5.74) is 6.26. The molecule has 0 aromatic heterocycles. The van der Waals surface area contributed by atoms with Gasteiger partial charge >= 0.3 is 0 Å². The average Bonchev–Trinajstić information content (AvgIpc) is 3.14. The van der Waals surface area contributed by atoms with E-state index in [0.29, 0.717) is 18.1 Å². The molecule has 1 aromatic carbocycles. The van der Waals surface area contributed by atoms with Gasteiger partial charge in [0, 0.05) is 24.2 Å². The second-order valence-corrected chi connectivity index (χ2v) is 6.69. The number of halogens is 1. The third-order valence-corrected chi connectivity index (χ3v) is 5.49. The fraction of sp³-hybridized carbons (Fsp3) is 0.500. The van der Waals surface area contributed by atoms with Gasteiger partial charge in [0.25, 0.3) is 0 Å². The summed E-state index contributed by atoms with van der Waals surface area (Å²) in [4.78, 5) is 0.249. The molecule has 18 heavy (non-hydrogen) atoms. The first-order chi connectivity index (χ1) is 8.50. The second kappa shape index (κ2) is 5.17. The maximum Gasteiger partial charge on any atom is 0.243 e. The van der Waals surface area contributed by atoms with Crippen molar-refractivity contribution in [2.75, 3.05) is 6.54 Å². The zero-order valence-electron chi connectivity index (χ0n) is 10.3. The molecule has 0 amide bonds. The van der Waals surface area contributed by atoms with Gasteiger partial charge in [0.1, 0.15) is 0 Å². The molecule has 1 saturated carbocycles. The van der Waals surface area contributed by atoms with Gasteiger partial charge in [-0.15, -0.1) is 0 Å². The summed E-state index contributed by atoms with van der Waals surface area (Å²) in [5.74, 6) is 0. The van der Waals surface area contributed by atoms with E-state index in [1.54, 1.807) is 16.4 Å². The Morgan fingerprint density at radius 1 is 1.44 bits per heavy atom. The van der Waals surface area contributed by atoms with Gasteiger partial charge in [0.05, 0.1) is 4.90 Å². The zero-order chi connectivity index (χ0) is 13.3. The van der Waals surface area contributed by atoms with Gasteiger partial charge in [0.15, 0.2) is 0 Å². The smallest absolute Gasteiger partial charge is 0.243 e. The highest BCUT2D eigenvalue weighted by Crippen LogP contribution is 2.32. The van der Waals surface area contributed by atoms with Crippen molar-refractivity contribution in [1.82, 2.24) is 4.31 Å². The lowest BCUT2D eigenvalue weighted by Crippen LogP contribution is -2.32. The van der Waals surface area contributed by atoms with Crippen LogP contribution >= 0.6 is 11.6 Å². The molecule has 4 nitrogen and oxygen atoms in total. The van der Waals surface area contributed by atoms with Crippen LogP contribution in [0.4, 0.5) is 0 Å². The summed E-state index contributed by atoms with van der Waals surface area (Å²) in [5, 5.41) is 0.408. The van der Waals surface area contributed by atoms with Crippen LogP contribution in [0.15, 0.2) is 23.1 Å². The van der Waals surface area contributed by atoms with Crippen LogP contribution in [0.25, 0.3) is 0 Å². The molecule has 2 rings (SSSR count). The molecule has 0 atom stereocenters. The van der Waals surface area contributed by atoms with Crippen molar-refractivity contribution in [2.45, 2.75) is 37.2 Å². The van der Waals surface area contributed by atoms with E-state index in [9.17, 15) is 8.42 Å². The quantitative estimate of drug-likeness (QED) is 0.901. The first-order valence-electron chi connectivity index (χ1n) is 6.01. The minimum absolute atomic E-state index is 0.160. The van der Waals surface area contributed by atoms with Crippen LogP contribution in [0, 0.1) is 0 Å². The molecule has 1 fully saturated rings. The van der Waals surface area contributed by atoms with Crippen molar-refractivity contribution in [3.05, 3.63) is 28.8 Å². The molecular formula is C12H17ClN2O2S. The third-order valence-electron chi connectivity index (χ3n) is 3.12. The maximum absolute atomic E-state index is 12.4. The van der Waals surface area contributed by atoms with Crippen molar-refractivity contribution < 1.29 is 8.42 Å². The van der Waals surface area contributed by atoms with Gasteiger partial charge in [-0.05, 0) is 30.5 Å². The van der Waals surface area contributed by atoms with Crippen molar-refractivity contribution in [2.24, 2.45) is 5.73 Å². The third kappa shape index (κ3) is 2.54. The Labute approximate surface area is 113 Å². The Bertz CT molecular complexity index is 541. The van der Waals surface area contributed by atoms with Crippen LogP contribution in [0.5, 0.6) is 0 Å². The monoisotopic (exact) mass is 288 g/mol. The standard InChI is InChI=1S/C12H17ClN2O2S/c1-2-15(10-4-5-10)18(16,17)11-6-3-9(8-14)12(13)7-11/h3,6-7,10H,2,4-5,8,14H2,1H3. The Kier molecular flexibility index (Phi) is 3.96. The van der Waals surface area contributed by atoms with E-state index < -0.39 is 10.0 Å². The van der Waals surface area contributed by atoms with E-state index in [4.69, 9.17) is 17.3 Å². The van der Waals surface area contributed by atoms with Gasteiger partial charge in [-0.1, -0.05) is 24.6 Å². The fourth-order valence-electron chi connectivity index (χ4n) is 1.98. The molecule has 0 saturated heterocycles. The first-order valence-corrected chi connectivity index (χ1v) is 7.82. The van der Waals surface area contributed by atoms with Crippen LogP contribution in [0.2, 0.25) is 5.02 Å². The maximum atomic E-state index is 12.4. The lowest BCUT2D eigenvalue weighted by molar-refractivity contribution is 0.421. The highest BCUT2D eigenvalue weighted by Gasteiger charge is 2.36. The zero-order valence-corrected chi connectivity index (χ0v) is 11.8. The summed E-state index contributed by atoms with van der Waals surface area (Å²) in [6.07, 6.45) is 1.89. The van der Waals surface area contributed by atoms with Crippen molar-refractivity contribution in [1.29, 1.82) is 0 Å². The summed E-state index contributed by atoms with van der Waals surface area (Å²) in [6.45, 7) is 2.65. The van der Waals surface area contributed by atoms with E-state index in [0.717, 1.165) is 18.4 Å². The Balaban J connectivity index is 2.37. The Morgan fingerprint density at radius 2 is 2.11 bits per heavy atom. The molecular weight excluding hydrogens is 272 g/mol. The molecule has 0 unspecified atom stereocenters. The number of benzene rings is 1. The number of hydrogen-bond acceptors (Lipinski definition) is 3. The summed E-state index contributed by atoms with van der Waals surface area (Å²) in [6, 6.07) is 4.90. The van der Waals surface area contributed by atoms with E-state index in [-0.39, 0.29) is 10.9 Å². The normalized spacial score (nSPS) is 16.2. The number of rotatable bonds is 5. The van der Waals surface area contributed by atoms with Gasteiger partial charge in [0.2, 0.25) is 10.0 Å². The fourth-order valence-corrected chi connectivity index (χ4v) is 4.02. The summed E-state index contributed by atoms with van der Waals surface area (Å²) in [7, 11) is -3.43.